The van der Waals surface area contributed by atoms with Gasteiger partial charge in [0.25, 0.3) is 0 Å². The highest BCUT2D eigenvalue weighted by molar-refractivity contribution is 7.98. The molecule has 0 saturated carbocycles. The number of hydrogen-bond donors (Lipinski definition) is 2. The van der Waals surface area contributed by atoms with Gasteiger partial charge in [0, 0.05) is 12.6 Å². The Bertz CT molecular complexity index is 343. The molecule has 1 unspecified atom stereocenters. The summed E-state index contributed by atoms with van der Waals surface area (Å²) >= 11 is 1.84. The minimum absolute atomic E-state index is 0.177. The van der Waals surface area contributed by atoms with Crippen molar-refractivity contribution < 1.29 is 4.39 Å². The zero-order valence-electron chi connectivity index (χ0n) is 8.72. The van der Waals surface area contributed by atoms with E-state index >= 15 is 0 Å². The van der Waals surface area contributed by atoms with Crippen LogP contribution >= 0.6 is 11.8 Å². The quantitative estimate of drug-likeness (QED) is 0.828. The van der Waals surface area contributed by atoms with E-state index in [-0.39, 0.29) is 5.82 Å². The van der Waals surface area contributed by atoms with Crippen molar-refractivity contribution >= 4 is 23.1 Å². The Morgan fingerprint density at radius 3 is 3.20 bits per heavy atom. The minimum atomic E-state index is -0.177. The van der Waals surface area contributed by atoms with Crippen molar-refractivity contribution in [3.63, 3.8) is 0 Å². The van der Waals surface area contributed by atoms with Gasteiger partial charge in [0.2, 0.25) is 0 Å². The van der Waals surface area contributed by atoms with E-state index in [1.807, 2.05) is 17.8 Å². The van der Waals surface area contributed by atoms with Crippen molar-refractivity contribution in [3.05, 3.63) is 24.0 Å². The number of benzene rings is 1. The lowest BCUT2D eigenvalue weighted by Crippen LogP contribution is -2.33. The molecule has 2 nitrogen and oxygen atoms in total. The fraction of sp³-hybridized carbons (Fsp3) is 0.455. The molecule has 0 saturated heterocycles. The van der Waals surface area contributed by atoms with Crippen molar-refractivity contribution in [2.24, 2.45) is 0 Å². The normalized spacial score (nSPS) is 18.9. The summed E-state index contributed by atoms with van der Waals surface area (Å²) in [6.45, 7) is 0.800. The fourth-order valence-electron chi connectivity index (χ4n) is 1.75. The van der Waals surface area contributed by atoms with E-state index in [9.17, 15) is 4.39 Å². The molecule has 1 atom stereocenters. The lowest BCUT2D eigenvalue weighted by atomic mass is 10.1. The molecule has 1 aliphatic rings. The monoisotopic (exact) mass is 226 g/mol. The van der Waals surface area contributed by atoms with Crippen LogP contribution < -0.4 is 10.6 Å². The highest BCUT2D eigenvalue weighted by atomic mass is 32.2. The van der Waals surface area contributed by atoms with Gasteiger partial charge in [-0.05, 0) is 30.6 Å². The number of anilines is 2. The predicted octanol–water partition coefficient (Wildman–Crippen LogP) is 2.78. The molecule has 0 aromatic heterocycles. The molecule has 0 amide bonds. The van der Waals surface area contributed by atoms with Crippen molar-refractivity contribution in [2.45, 2.75) is 12.5 Å². The van der Waals surface area contributed by atoms with E-state index in [0.29, 0.717) is 11.7 Å². The molecule has 15 heavy (non-hydrogen) atoms. The Labute approximate surface area is 93.6 Å². The molecular weight excluding hydrogens is 211 g/mol. The zero-order chi connectivity index (χ0) is 10.7. The van der Waals surface area contributed by atoms with Crippen molar-refractivity contribution in [3.8, 4) is 0 Å². The summed E-state index contributed by atoms with van der Waals surface area (Å²) in [5, 5.41) is 6.50. The molecule has 1 aromatic rings. The number of para-hydroxylation sites is 1. The molecule has 2 rings (SSSR count). The zero-order valence-corrected chi connectivity index (χ0v) is 9.53. The number of thioether (sulfide) groups is 1. The molecule has 2 N–H and O–H groups in total. The molecule has 1 heterocycles. The van der Waals surface area contributed by atoms with Gasteiger partial charge in [-0.2, -0.15) is 11.8 Å². The van der Waals surface area contributed by atoms with Crippen LogP contribution in [0.3, 0.4) is 0 Å². The SMILES string of the molecule is CSCCC1CNc2c(F)cccc2N1. The maximum atomic E-state index is 13.3. The number of rotatable bonds is 3. The third-order valence-electron chi connectivity index (χ3n) is 2.57. The first-order valence-electron chi connectivity index (χ1n) is 5.09. The Morgan fingerprint density at radius 1 is 1.53 bits per heavy atom. The predicted molar refractivity (Wildman–Crippen MR) is 65.3 cm³/mol. The summed E-state index contributed by atoms with van der Waals surface area (Å²) in [4.78, 5) is 0. The van der Waals surface area contributed by atoms with Gasteiger partial charge in [0.1, 0.15) is 5.82 Å². The molecule has 82 valence electrons. The first-order valence-corrected chi connectivity index (χ1v) is 6.48. The molecule has 0 spiro atoms. The third-order valence-corrected chi connectivity index (χ3v) is 3.21. The summed E-state index contributed by atoms with van der Waals surface area (Å²) in [6, 6.07) is 5.54. The van der Waals surface area contributed by atoms with Crippen molar-refractivity contribution in [1.29, 1.82) is 0 Å². The Hall–Kier alpha value is -0.900. The van der Waals surface area contributed by atoms with Gasteiger partial charge in [-0.3, -0.25) is 0 Å². The number of halogens is 1. The van der Waals surface area contributed by atoms with Gasteiger partial charge in [-0.1, -0.05) is 6.07 Å². The van der Waals surface area contributed by atoms with E-state index in [2.05, 4.69) is 16.9 Å². The van der Waals surface area contributed by atoms with Crippen LogP contribution in [0.15, 0.2) is 18.2 Å². The van der Waals surface area contributed by atoms with E-state index in [0.717, 1.165) is 24.4 Å². The standard InChI is InChI=1S/C11H15FN2S/c1-15-6-5-8-7-13-11-9(12)3-2-4-10(11)14-8/h2-4,8,13-14H,5-7H2,1H3. The topological polar surface area (TPSA) is 24.1 Å². The van der Waals surface area contributed by atoms with Gasteiger partial charge >= 0.3 is 0 Å². The van der Waals surface area contributed by atoms with Gasteiger partial charge < -0.3 is 10.6 Å². The molecule has 1 aromatic carbocycles. The van der Waals surface area contributed by atoms with Crippen LogP contribution in [0, 0.1) is 5.82 Å². The third kappa shape index (κ3) is 2.37. The summed E-state index contributed by atoms with van der Waals surface area (Å²) in [6.07, 6.45) is 3.20. The molecule has 0 aliphatic carbocycles. The number of nitrogens with one attached hydrogen (secondary N) is 2. The Balaban J connectivity index is 2.07. The Morgan fingerprint density at radius 2 is 2.40 bits per heavy atom. The molecule has 0 bridgehead atoms. The first-order chi connectivity index (χ1) is 7.31. The highest BCUT2D eigenvalue weighted by Crippen LogP contribution is 2.29. The molecule has 4 heteroatoms. The summed E-state index contributed by atoms with van der Waals surface area (Å²) in [5.41, 5.74) is 1.49. The number of fused-ring (bicyclic) bond motifs is 1. The average Bonchev–Trinajstić information content (AvgIpc) is 2.26. The molecular formula is C11H15FN2S. The van der Waals surface area contributed by atoms with Crippen LogP contribution in [0.5, 0.6) is 0 Å². The van der Waals surface area contributed by atoms with E-state index in [1.165, 1.54) is 6.07 Å². The second-order valence-electron chi connectivity index (χ2n) is 3.67. The minimum Gasteiger partial charge on any atom is -0.379 e. The summed E-state index contributed by atoms with van der Waals surface area (Å²) in [5.74, 6) is 0.951. The van der Waals surface area contributed by atoms with Crippen LogP contribution in [0.25, 0.3) is 0 Å². The second-order valence-corrected chi connectivity index (χ2v) is 4.65. The van der Waals surface area contributed by atoms with Crippen LogP contribution in [0.1, 0.15) is 6.42 Å². The summed E-state index contributed by atoms with van der Waals surface area (Å²) < 4.78 is 13.3. The van der Waals surface area contributed by atoms with Crippen molar-refractivity contribution in [1.82, 2.24) is 0 Å². The van der Waals surface area contributed by atoms with E-state index < -0.39 is 0 Å². The maximum absolute atomic E-state index is 13.3. The van der Waals surface area contributed by atoms with Crippen LogP contribution in [-0.2, 0) is 0 Å². The van der Waals surface area contributed by atoms with Gasteiger partial charge in [-0.15, -0.1) is 0 Å². The molecule has 0 fully saturated rings. The van der Waals surface area contributed by atoms with E-state index in [4.69, 9.17) is 0 Å². The van der Waals surface area contributed by atoms with Crippen molar-refractivity contribution in [2.75, 3.05) is 29.2 Å². The van der Waals surface area contributed by atoms with Crippen LogP contribution in [0.4, 0.5) is 15.8 Å². The first kappa shape index (κ1) is 10.6. The largest absolute Gasteiger partial charge is 0.379 e. The highest BCUT2D eigenvalue weighted by Gasteiger charge is 2.18. The van der Waals surface area contributed by atoms with Gasteiger partial charge in [0.15, 0.2) is 0 Å². The summed E-state index contributed by atoms with van der Waals surface area (Å²) in [7, 11) is 0. The van der Waals surface area contributed by atoms with Gasteiger partial charge in [0.05, 0.1) is 11.4 Å². The number of hydrogen-bond acceptors (Lipinski definition) is 3. The van der Waals surface area contributed by atoms with Gasteiger partial charge in [-0.25, -0.2) is 4.39 Å². The Kier molecular flexibility index (Phi) is 3.36. The maximum Gasteiger partial charge on any atom is 0.148 e. The average molecular weight is 226 g/mol. The smallest absolute Gasteiger partial charge is 0.148 e. The molecule has 1 aliphatic heterocycles. The lowest BCUT2D eigenvalue weighted by Gasteiger charge is -2.28. The van der Waals surface area contributed by atoms with Crippen LogP contribution in [0.2, 0.25) is 0 Å². The molecule has 0 radical (unpaired) electrons. The lowest BCUT2D eigenvalue weighted by molar-refractivity contribution is 0.622. The van der Waals surface area contributed by atoms with E-state index in [1.54, 1.807) is 6.07 Å². The fourth-order valence-corrected chi connectivity index (χ4v) is 2.27. The van der Waals surface area contributed by atoms with Crippen LogP contribution in [-0.4, -0.2) is 24.6 Å². The second kappa shape index (κ2) is 4.75.